The van der Waals surface area contributed by atoms with Crippen molar-refractivity contribution < 1.29 is 4.74 Å². The zero-order valence-electron chi connectivity index (χ0n) is 8.83. The van der Waals surface area contributed by atoms with Gasteiger partial charge < -0.3 is 9.64 Å². The van der Waals surface area contributed by atoms with Crippen LogP contribution in [0.25, 0.3) is 0 Å². The Balaban J connectivity index is 1.68. The molecule has 0 unspecified atom stereocenters. The molecule has 0 radical (unpaired) electrons. The summed E-state index contributed by atoms with van der Waals surface area (Å²) >= 11 is 0. The number of hydrogen-bond donors (Lipinski definition) is 0. The normalized spacial score (nSPS) is 39.5. The Kier molecular flexibility index (Phi) is 2.89. The van der Waals surface area contributed by atoms with E-state index < -0.39 is 0 Å². The van der Waals surface area contributed by atoms with E-state index >= 15 is 0 Å². The van der Waals surface area contributed by atoms with Gasteiger partial charge in [0.25, 0.3) is 0 Å². The van der Waals surface area contributed by atoms with E-state index in [9.17, 15) is 0 Å². The van der Waals surface area contributed by atoms with E-state index in [0.29, 0.717) is 6.10 Å². The summed E-state index contributed by atoms with van der Waals surface area (Å²) in [6.45, 7) is 4.48. The molecule has 0 aromatic heterocycles. The molecular formula is C11H21NO. The maximum absolute atomic E-state index is 5.63. The van der Waals surface area contributed by atoms with Crippen LogP contribution in [0.15, 0.2) is 0 Å². The second-order valence-corrected chi connectivity index (χ2v) is 4.81. The van der Waals surface area contributed by atoms with E-state index in [0.717, 1.165) is 25.1 Å². The van der Waals surface area contributed by atoms with Gasteiger partial charge in [-0.3, -0.25) is 0 Å². The Labute approximate surface area is 81.3 Å². The summed E-state index contributed by atoms with van der Waals surface area (Å²) < 4.78 is 5.63. The van der Waals surface area contributed by atoms with Crippen LogP contribution in [-0.4, -0.2) is 37.2 Å². The van der Waals surface area contributed by atoms with E-state index in [1.165, 1.54) is 25.7 Å². The fourth-order valence-electron chi connectivity index (χ4n) is 2.48. The first-order valence-electron chi connectivity index (χ1n) is 5.57. The third kappa shape index (κ3) is 2.23. The molecule has 2 heteroatoms. The van der Waals surface area contributed by atoms with Gasteiger partial charge in [0.05, 0.1) is 6.10 Å². The van der Waals surface area contributed by atoms with Crippen molar-refractivity contribution in [3.05, 3.63) is 0 Å². The van der Waals surface area contributed by atoms with Gasteiger partial charge in [-0.2, -0.15) is 0 Å². The minimum absolute atomic E-state index is 0.529. The van der Waals surface area contributed by atoms with Crippen molar-refractivity contribution in [2.24, 2.45) is 5.92 Å². The molecule has 2 rings (SSSR count). The molecule has 1 saturated heterocycles. The summed E-state index contributed by atoms with van der Waals surface area (Å²) in [7, 11) is 2.25. The molecule has 1 heterocycles. The molecule has 1 aliphatic carbocycles. The van der Waals surface area contributed by atoms with E-state index in [-0.39, 0.29) is 0 Å². The average molecular weight is 183 g/mol. The van der Waals surface area contributed by atoms with Gasteiger partial charge in [-0.15, -0.1) is 0 Å². The summed E-state index contributed by atoms with van der Waals surface area (Å²) in [5.41, 5.74) is 0. The van der Waals surface area contributed by atoms with Crippen molar-refractivity contribution in [1.82, 2.24) is 4.90 Å². The first kappa shape index (κ1) is 9.47. The van der Waals surface area contributed by atoms with Gasteiger partial charge in [0.1, 0.15) is 0 Å². The SMILES string of the molecule is CC1CC(N(C)C[C@@H]2CCCO2)C1. The molecule has 2 nitrogen and oxygen atoms in total. The molecule has 0 amide bonds. The second kappa shape index (κ2) is 3.97. The Bertz CT molecular complexity index is 159. The van der Waals surface area contributed by atoms with Crippen LogP contribution in [0, 0.1) is 5.92 Å². The molecule has 2 aliphatic rings. The maximum atomic E-state index is 5.63. The lowest BCUT2D eigenvalue weighted by Crippen LogP contribution is -2.44. The topological polar surface area (TPSA) is 12.5 Å². The van der Waals surface area contributed by atoms with Crippen molar-refractivity contribution in [3.63, 3.8) is 0 Å². The molecule has 1 aliphatic heterocycles. The fraction of sp³-hybridized carbons (Fsp3) is 1.00. The molecule has 0 bridgehead atoms. The molecule has 2 fully saturated rings. The molecule has 0 N–H and O–H groups in total. The Hall–Kier alpha value is -0.0800. The highest BCUT2D eigenvalue weighted by Gasteiger charge is 2.30. The van der Waals surface area contributed by atoms with Crippen LogP contribution in [0.1, 0.15) is 32.6 Å². The Morgan fingerprint density at radius 1 is 1.38 bits per heavy atom. The van der Waals surface area contributed by atoms with Crippen molar-refractivity contribution in [2.75, 3.05) is 20.2 Å². The van der Waals surface area contributed by atoms with Crippen LogP contribution >= 0.6 is 0 Å². The smallest absolute Gasteiger partial charge is 0.0702 e. The van der Waals surface area contributed by atoms with Crippen LogP contribution in [0.3, 0.4) is 0 Å². The lowest BCUT2D eigenvalue weighted by molar-refractivity contribution is 0.0382. The Morgan fingerprint density at radius 2 is 2.15 bits per heavy atom. The van der Waals surface area contributed by atoms with Gasteiger partial charge in [-0.1, -0.05) is 6.92 Å². The lowest BCUT2D eigenvalue weighted by atomic mass is 9.81. The van der Waals surface area contributed by atoms with Crippen molar-refractivity contribution in [3.8, 4) is 0 Å². The first-order valence-corrected chi connectivity index (χ1v) is 5.57. The maximum Gasteiger partial charge on any atom is 0.0702 e. The van der Waals surface area contributed by atoms with Gasteiger partial charge >= 0.3 is 0 Å². The van der Waals surface area contributed by atoms with Crippen molar-refractivity contribution >= 4 is 0 Å². The number of likely N-dealkylation sites (N-methyl/N-ethyl adjacent to an activating group) is 1. The van der Waals surface area contributed by atoms with Crippen molar-refractivity contribution in [2.45, 2.75) is 44.8 Å². The summed E-state index contributed by atoms with van der Waals surface area (Å²) in [5.74, 6) is 0.956. The highest BCUT2D eigenvalue weighted by Crippen LogP contribution is 2.30. The zero-order valence-corrected chi connectivity index (χ0v) is 8.83. The van der Waals surface area contributed by atoms with Gasteiger partial charge in [-0.25, -0.2) is 0 Å². The van der Waals surface area contributed by atoms with Gasteiger partial charge in [-0.05, 0) is 38.6 Å². The third-order valence-electron chi connectivity index (χ3n) is 3.49. The van der Waals surface area contributed by atoms with E-state index in [1.807, 2.05) is 0 Å². The highest BCUT2D eigenvalue weighted by molar-refractivity contribution is 4.84. The number of ether oxygens (including phenoxy) is 1. The number of nitrogens with zero attached hydrogens (tertiary/aromatic N) is 1. The summed E-state index contributed by atoms with van der Waals surface area (Å²) in [6, 6.07) is 0.846. The van der Waals surface area contributed by atoms with Gasteiger partial charge in [0, 0.05) is 19.2 Å². The minimum Gasteiger partial charge on any atom is -0.377 e. The van der Waals surface area contributed by atoms with Crippen LogP contribution in [-0.2, 0) is 4.74 Å². The molecule has 76 valence electrons. The lowest BCUT2D eigenvalue weighted by Gasteiger charge is -2.40. The third-order valence-corrected chi connectivity index (χ3v) is 3.49. The van der Waals surface area contributed by atoms with E-state index in [4.69, 9.17) is 4.74 Å². The molecule has 0 aromatic rings. The minimum atomic E-state index is 0.529. The second-order valence-electron chi connectivity index (χ2n) is 4.81. The van der Waals surface area contributed by atoms with Crippen LogP contribution in [0.2, 0.25) is 0 Å². The summed E-state index contributed by atoms with van der Waals surface area (Å²) in [4.78, 5) is 2.50. The summed E-state index contributed by atoms with van der Waals surface area (Å²) in [6.07, 6.45) is 5.85. The van der Waals surface area contributed by atoms with Crippen LogP contribution in [0.4, 0.5) is 0 Å². The average Bonchev–Trinajstić information content (AvgIpc) is 2.51. The Morgan fingerprint density at radius 3 is 2.69 bits per heavy atom. The zero-order chi connectivity index (χ0) is 9.26. The molecule has 1 atom stereocenters. The van der Waals surface area contributed by atoms with E-state index in [1.54, 1.807) is 0 Å². The molecule has 0 aromatic carbocycles. The van der Waals surface area contributed by atoms with Crippen molar-refractivity contribution in [1.29, 1.82) is 0 Å². The standard InChI is InChI=1S/C11H21NO/c1-9-6-10(7-9)12(2)8-11-4-3-5-13-11/h9-11H,3-8H2,1-2H3/t9?,10?,11-/m0/s1. The number of hydrogen-bond acceptors (Lipinski definition) is 2. The molecule has 1 saturated carbocycles. The number of rotatable bonds is 3. The van der Waals surface area contributed by atoms with Gasteiger partial charge in [0.15, 0.2) is 0 Å². The van der Waals surface area contributed by atoms with Crippen LogP contribution < -0.4 is 0 Å². The fourth-order valence-corrected chi connectivity index (χ4v) is 2.48. The summed E-state index contributed by atoms with van der Waals surface area (Å²) in [5, 5.41) is 0. The molecule has 13 heavy (non-hydrogen) atoms. The predicted octanol–water partition coefficient (Wildman–Crippen LogP) is 1.90. The quantitative estimate of drug-likeness (QED) is 0.662. The van der Waals surface area contributed by atoms with Crippen LogP contribution in [0.5, 0.6) is 0 Å². The van der Waals surface area contributed by atoms with E-state index in [2.05, 4.69) is 18.9 Å². The first-order chi connectivity index (χ1) is 6.25. The molecule has 0 spiro atoms. The predicted molar refractivity (Wildman–Crippen MR) is 53.8 cm³/mol. The van der Waals surface area contributed by atoms with Gasteiger partial charge in [0.2, 0.25) is 0 Å². The highest BCUT2D eigenvalue weighted by atomic mass is 16.5. The monoisotopic (exact) mass is 183 g/mol. The largest absolute Gasteiger partial charge is 0.377 e. The molecular weight excluding hydrogens is 162 g/mol.